The quantitative estimate of drug-likeness (QED) is 0.614. The van der Waals surface area contributed by atoms with Crippen molar-refractivity contribution >= 4 is 22.1 Å². The lowest BCUT2D eigenvalue weighted by atomic mass is 10.2. The number of fused-ring (bicyclic) bond motifs is 2. The molecule has 0 unspecified atom stereocenters. The summed E-state index contributed by atoms with van der Waals surface area (Å²) in [5.74, 6) is 1.15. The van der Waals surface area contributed by atoms with Crippen molar-refractivity contribution in [3.8, 4) is 11.5 Å². The SMILES string of the molecule is O=c1cnc2nccc(Oc3cccc4ncccc34)c2[nH]1. The predicted octanol–water partition coefficient (Wildman–Crippen LogP) is 2.66. The van der Waals surface area contributed by atoms with Crippen molar-refractivity contribution in [2.24, 2.45) is 0 Å². The second kappa shape index (κ2) is 4.92. The standard InChI is InChI=1S/C16H10N4O2/c21-14-9-19-16-15(20-14)13(6-8-18-16)22-12-5-1-4-11-10(12)3-2-7-17-11/h1-9H,(H,20,21). The van der Waals surface area contributed by atoms with E-state index in [0.717, 1.165) is 10.9 Å². The zero-order valence-electron chi connectivity index (χ0n) is 11.4. The van der Waals surface area contributed by atoms with E-state index in [1.165, 1.54) is 6.20 Å². The van der Waals surface area contributed by atoms with Crippen molar-refractivity contribution in [3.63, 3.8) is 0 Å². The third-order valence-electron chi connectivity index (χ3n) is 3.27. The molecule has 4 rings (SSSR count). The predicted molar refractivity (Wildman–Crippen MR) is 82.0 cm³/mol. The number of rotatable bonds is 2. The molecule has 3 heterocycles. The van der Waals surface area contributed by atoms with Crippen molar-refractivity contribution < 1.29 is 4.74 Å². The van der Waals surface area contributed by atoms with Crippen LogP contribution in [-0.2, 0) is 0 Å². The zero-order chi connectivity index (χ0) is 14.9. The molecule has 0 radical (unpaired) electrons. The molecule has 0 aliphatic heterocycles. The Bertz CT molecular complexity index is 1040. The molecule has 3 aromatic heterocycles. The molecule has 0 saturated heterocycles. The number of hydrogen-bond acceptors (Lipinski definition) is 5. The topological polar surface area (TPSA) is 80.8 Å². The maximum absolute atomic E-state index is 11.5. The minimum atomic E-state index is -0.301. The van der Waals surface area contributed by atoms with Crippen LogP contribution in [0.4, 0.5) is 0 Å². The smallest absolute Gasteiger partial charge is 0.267 e. The molecule has 6 nitrogen and oxygen atoms in total. The van der Waals surface area contributed by atoms with Crippen LogP contribution in [0.15, 0.2) is 59.8 Å². The van der Waals surface area contributed by atoms with E-state index in [-0.39, 0.29) is 5.56 Å². The van der Waals surface area contributed by atoms with E-state index in [0.29, 0.717) is 22.7 Å². The number of nitrogens with one attached hydrogen (secondary N) is 1. The van der Waals surface area contributed by atoms with Crippen LogP contribution in [0.25, 0.3) is 22.1 Å². The first kappa shape index (κ1) is 12.5. The normalized spacial score (nSPS) is 10.9. The number of aromatic amines is 1. The Morgan fingerprint density at radius 3 is 2.82 bits per heavy atom. The third kappa shape index (κ3) is 2.07. The van der Waals surface area contributed by atoms with Crippen LogP contribution in [0.5, 0.6) is 11.5 Å². The number of ether oxygens (including phenoxy) is 1. The largest absolute Gasteiger partial charge is 0.454 e. The van der Waals surface area contributed by atoms with Crippen molar-refractivity contribution in [1.29, 1.82) is 0 Å². The molecule has 22 heavy (non-hydrogen) atoms. The first-order valence-corrected chi connectivity index (χ1v) is 6.67. The molecule has 0 aliphatic carbocycles. The molecule has 0 bridgehead atoms. The van der Waals surface area contributed by atoms with Gasteiger partial charge in [0.15, 0.2) is 11.4 Å². The summed E-state index contributed by atoms with van der Waals surface area (Å²) >= 11 is 0. The summed E-state index contributed by atoms with van der Waals surface area (Å²) in [4.78, 5) is 26.6. The highest BCUT2D eigenvalue weighted by atomic mass is 16.5. The molecular weight excluding hydrogens is 280 g/mol. The lowest BCUT2D eigenvalue weighted by Gasteiger charge is -2.09. The van der Waals surface area contributed by atoms with Gasteiger partial charge < -0.3 is 9.72 Å². The Balaban J connectivity index is 1.90. The second-order valence-corrected chi connectivity index (χ2v) is 4.68. The summed E-state index contributed by atoms with van der Waals surface area (Å²) in [6.07, 6.45) is 4.52. The van der Waals surface area contributed by atoms with E-state index in [9.17, 15) is 4.79 Å². The van der Waals surface area contributed by atoms with Gasteiger partial charge in [0.1, 0.15) is 11.3 Å². The molecule has 0 amide bonds. The molecule has 0 fully saturated rings. The molecular formula is C16H10N4O2. The minimum absolute atomic E-state index is 0.301. The van der Waals surface area contributed by atoms with Crippen LogP contribution in [-0.4, -0.2) is 19.9 Å². The lowest BCUT2D eigenvalue weighted by Crippen LogP contribution is -2.06. The monoisotopic (exact) mass is 290 g/mol. The summed E-state index contributed by atoms with van der Waals surface area (Å²) in [6, 6.07) is 11.1. The molecule has 4 aromatic rings. The molecule has 1 N–H and O–H groups in total. The number of benzene rings is 1. The van der Waals surface area contributed by atoms with E-state index < -0.39 is 0 Å². The lowest BCUT2D eigenvalue weighted by molar-refractivity contribution is 0.492. The summed E-state index contributed by atoms with van der Waals surface area (Å²) in [7, 11) is 0. The van der Waals surface area contributed by atoms with Gasteiger partial charge in [-0.25, -0.2) is 9.97 Å². The summed E-state index contributed by atoms with van der Waals surface area (Å²) < 4.78 is 5.97. The van der Waals surface area contributed by atoms with E-state index in [4.69, 9.17) is 4.74 Å². The third-order valence-corrected chi connectivity index (χ3v) is 3.27. The van der Waals surface area contributed by atoms with E-state index in [2.05, 4.69) is 19.9 Å². The fraction of sp³-hybridized carbons (Fsp3) is 0. The van der Waals surface area contributed by atoms with Gasteiger partial charge >= 0.3 is 0 Å². The Hall–Kier alpha value is -3.28. The van der Waals surface area contributed by atoms with Gasteiger partial charge in [-0.05, 0) is 24.3 Å². The minimum Gasteiger partial charge on any atom is -0.454 e. The Labute approximate surface area is 124 Å². The fourth-order valence-electron chi connectivity index (χ4n) is 2.29. The highest BCUT2D eigenvalue weighted by Crippen LogP contribution is 2.30. The van der Waals surface area contributed by atoms with Crippen LogP contribution >= 0.6 is 0 Å². The van der Waals surface area contributed by atoms with Crippen LogP contribution in [0.2, 0.25) is 0 Å². The average molecular weight is 290 g/mol. The first-order chi connectivity index (χ1) is 10.8. The molecule has 106 valence electrons. The summed E-state index contributed by atoms with van der Waals surface area (Å²) in [5.41, 5.74) is 1.43. The van der Waals surface area contributed by atoms with Gasteiger partial charge in [-0.1, -0.05) is 6.07 Å². The highest BCUT2D eigenvalue weighted by molar-refractivity contribution is 5.86. The maximum atomic E-state index is 11.5. The Kier molecular flexibility index (Phi) is 2.79. The average Bonchev–Trinajstić information content (AvgIpc) is 2.56. The van der Waals surface area contributed by atoms with Gasteiger partial charge in [0, 0.05) is 23.8 Å². The van der Waals surface area contributed by atoms with Crippen molar-refractivity contribution in [1.82, 2.24) is 19.9 Å². The Morgan fingerprint density at radius 2 is 1.86 bits per heavy atom. The summed E-state index contributed by atoms with van der Waals surface area (Å²) in [5, 5.41) is 0.890. The number of H-pyrrole nitrogens is 1. The van der Waals surface area contributed by atoms with Gasteiger partial charge in [-0.2, -0.15) is 0 Å². The Morgan fingerprint density at radius 1 is 0.909 bits per heavy atom. The molecule has 0 saturated carbocycles. The molecule has 6 heteroatoms. The number of nitrogens with zero attached hydrogens (tertiary/aromatic N) is 3. The van der Waals surface area contributed by atoms with Crippen LogP contribution < -0.4 is 10.3 Å². The van der Waals surface area contributed by atoms with Crippen LogP contribution in [0, 0.1) is 0 Å². The van der Waals surface area contributed by atoms with Gasteiger partial charge in [0.05, 0.1) is 11.7 Å². The fourth-order valence-corrected chi connectivity index (χ4v) is 2.29. The maximum Gasteiger partial charge on any atom is 0.267 e. The molecule has 0 spiro atoms. The van der Waals surface area contributed by atoms with Gasteiger partial charge in [-0.15, -0.1) is 0 Å². The van der Waals surface area contributed by atoms with Gasteiger partial charge in [0.2, 0.25) is 0 Å². The number of hydrogen-bond donors (Lipinski definition) is 1. The zero-order valence-corrected chi connectivity index (χ0v) is 11.4. The highest BCUT2D eigenvalue weighted by Gasteiger charge is 2.09. The second-order valence-electron chi connectivity index (χ2n) is 4.68. The van der Waals surface area contributed by atoms with Crippen molar-refractivity contribution in [2.45, 2.75) is 0 Å². The van der Waals surface area contributed by atoms with Crippen molar-refractivity contribution in [2.75, 3.05) is 0 Å². The van der Waals surface area contributed by atoms with E-state index >= 15 is 0 Å². The van der Waals surface area contributed by atoms with Crippen LogP contribution in [0.1, 0.15) is 0 Å². The first-order valence-electron chi connectivity index (χ1n) is 6.67. The number of pyridine rings is 2. The number of aromatic nitrogens is 4. The molecule has 0 aliphatic rings. The van der Waals surface area contributed by atoms with E-state index in [1.54, 1.807) is 18.5 Å². The summed E-state index contributed by atoms with van der Waals surface area (Å²) in [6.45, 7) is 0. The van der Waals surface area contributed by atoms with Gasteiger partial charge in [0.25, 0.3) is 5.56 Å². The van der Waals surface area contributed by atoms with Crippen molar-refractivity contribution in [3.05, 3.63) is 65.3 Å². The molecule has 0 atom stereocenters. The van der Waals surface area contributed by atoms with Gasteiger partial charge in [-0.3, -0.25) is 9.78 Å². The van der Waals surface area contributed by atoms with Crippen LogP contribution in [0.3, 0.4) is 0 Å². The van der Waals surface area contributed by atoms with E-state index in [1.807, 2.05) is 30.3 Å². The molecule has 1 aromatic carbocycles.